The number of carbonyl (C=O) groups is 1. The van der Waals surface area contributed by atoms with Crippen LogP contribution in [0.5, 0.6) is 0 Å². The molecule has 1 aliphatic heterocycles. The first-order valence-electron chi connectivity index (χ1n) is 4.97. The normalized spacial score (nSPS) is 19.8. The molecule has 88 valence electrons. The number of thiophene rings is 1. The lowest BCUT2D eigenvalue weighted by molar-refractivity contribution is -0.0184. The summed E-state index contributed by atoms with van der Waals surface area (Å²) in [5.41, 5.74) is -0.913. The van der Waals surface area contributed by atoms with E-state index in [0.29, 0.717) is 30.3 Å². The average molecular weight is 262 g/mol. The van der Waals surface area contributed by atoms with Gasteiger partial charge in [0.15, 0.2) is 0 Å². The zero-order valence-corrected chi connectivity index (χ0v) is 10.1. The van der Waals surface area contributed by atoms with E-state index in [0.717, 1.165) is 4.88 Å². The molecule has 0 bridgehead atoms. The Hall–Kier alpha value is -0.780. The van der Waals surface area contributed by atoms with Crippen LogP contribution < -0.4 is 0 Å². The predicted molar refractivity (Wildman–Crippen MR) is 62.1 cm³/mol. The largest absolute Gasteiger partial charge is 0.465 e. The van der Waals surface area contributed by atoms with Gasteiger partial charge in [-0.3, -0.25) is 0 Å². The van der Waals surface area contributed by atoms with Gasteiger partial charge < -0.3 is 15.1 Å². The number of piperidine rings is 1. The third kappa shape index (κ3) is 2.16. The van der Waals surface area contributed by atoms with Crippen LogP contribution in [0.1, 0.15) is 17.7 Å². The van der Waals surface area contributed by atoms with Gasteiger partial charge in [0.1, 0.15) is 5.60 Å². The van der Waals surface area contributed by atoms with Crippen LogP contribution in [0.4, 0.5) is 4.79 Å². The molecule has 1 aromatic rings. The molecule has 1 saturated heterocycles. The maximum Gasteiger partial charge on any atom is 0.407 e. The Morgan fingerprint density at radius 1 is 1.44 bits per heavy atom. The van der Waals surface area contributed by atoms with Crippen LogP contribution in [0, 0.1) is 0 Å². The highest BCUT2D eigenvalue weighted by Gasteiger charge is 2.36. The summed E-state index contributed by atoms with van der Waals surface area (Å²) >= 11 is 7.18. The fraction of sp³-hybridized carbons (Fsp3) is 0.500. The number of likely N-dealkylation sites (tertiary alicyclic amines) is 1. The number of rotatable bonds is 1. The van der Waals surface area contributed by atoms with Crippen molar-refractivity contribution < 1.29 is 15.0 Å². The summed E-state index contributed by atoms with van der Waals surface area (Å²) in [4.78, 5) is 12.9. The van der Waals surface area contributed by atoms with E-state index in [9.17, 15) is 9.90 Å². The van der Waals surface area contributed by atoms with Crippen molar-refractivity contribution in [2.75, 3.05) is 13.1 Å². The molecule has 6 heteroatoms. The molecule has 1 aromatic heterocycles. The van der Waals surface area contributed by atoms with E-state index in [1.807, 2.05) is 6.07 Å². The number of nitrogens with zero attached hydrogens (tertiary/aromatic N) is 1. The monoisotopic (exact) mass is 261 g/mol. The van der Waals surface area contributed by atoms with Crippen LogP contribution >= 0.6 is 22.9 Å². The quantitative estimate of drug-likeness (QED) is 0.816. The third-order valence-corrected chi connectivity index (χ3v) is 4.32. The summed E-state index contributed by atoms with van der Waals surface area (Å²) < 4.78 is 0.643. The first-order chi connectivity index (χ1) is 7.51. The van der Waals surface area contributed by atoms with E-state index in [1.165, 1.54) is 16.2 Å². The van der Waals surface area contributed by atoms with Crippen LogP contribution in [0.3, 0.4) is 0 Å². The highest BCUT2D eigenvalue weighted by Crippen LogP contribution is 2.38. The second-order valence-electron chi connectivity index (χ2n) is 3.90. The molecule has 1 amide bonds. The van der Waals surface area contributed by atoms with Crippen molar-refractivity contribution in [2.45, 2.75) is 18.4 Å². The molecule has 2 N–H and O–H groups in total. The minimum atomic E-state index is -0.925. The van der Waals surface area contributed by atoms with Crippen molar-refractivity contribution in [3.05, 3.63) is 21.3 Å². The van der Waals surface area contributed by atoms with E-state index in [4.69, 9.17) is 16.7 Å². The molecule has 0 radical (unpaired) electrons. The van der Waals surface area contributed by atoms with Gasteiger partial charge in [-0.25, -0.2) is 4.79 Å². The second kappa shape index (κ2) is 4.24. The number of hydrogen-bond donors (Lipinski definition) is 2. The van der Waals surface area contributed by atoms with Crippen molar-refractivity contribution in [1.82, 2.24) is 4.90 Å². The van der Waals surface area contributed by atoms with Gasteiger partial charge in [0, 0.05) is 18.0 Å². The van der Waals surface area contributed by atoms with E-state index >= 15 is 0 Å². The number of aliphatic hydroxyl groups is 1. The number of amides is 1. The van der Waals surface area contributed by atoms with Gasteiger partial charge in [-0.15, -0.1) is 11.3 Å². The van der Waals surface area contributed by atoms with Gasteiger partial charge in [0.05, 0.1) is 4.34 Å². The number of carboxylic acid groups (broad SMARTS) is 1. The molecule has 0 spiro atoms. The maximum atomic E-state index is 10.7. The van der Waals surface area contributed by atoms with E-state index in [1.54, 1.807) is 6.07 Å². The summed E-state index contributed by atoms with van der Waals surface area (Å²) in [6.45, 7) is 0.725. The zero-order valence-electron chi connectivity index (χ0n) is 8.52. The molecule has 0 aliphatic carbocycles. The van der Waals surface area contributed by atoms with Crippen LogP contribution in [0.2, 0.25) is 4.34 Å². The van der Waals surface area contributed by atoms with Crippen LogP contribution in [-0.4, -0.2) is 34.3 Å². The minimum absolute atomic E-state index is 0.362. The Kier molecular flexibility index (Phi) is 3.10. The molecule has 0 saturated carbocycles. The molecule has 0 aromatic carbocycles. The Balaban J connectivity index is 2.09. The van der Waals surface area contributed by atoms with Crippen molar-refractivity contribution in [1.29, 1.82) is 0 Å². The summed E-state index contributed by atoms with van der Waals surface area (Å²) in [7, 11) is 0. The van der Waals surface area contributed by atoms with Crippen molar-refractivity contribution in [3.63, 3.8) is 0 Å². The topological polar surface area (TPSA) is 60.8 Å². The first kappa shape index (κ1) is 11.7. The fourth-order valence-corrected chi connectivity index (χ4v) is 3.07. The van der Waals surface area contributed by atoms with Gasteiger partial charge >= 0.3 is 6.09 Å². The minimum Gasteiger partial charge on any atom is -0.465 e. The lowest BCUT2D eigenvalue weighted by Crippen LogP contribution is -2.44. The van der Waals surface area contributed by atoms with Crippen molar-refractivity contribution in [3.8, 4) is 0 Å². The lowest BCUT2D eigenvalue weighted by atomic mass is 9.90. The Morgan fingerprint density at radius 2 is 2.06 bits per heavy atom. The zero-order chi connectivity index (χ0) is 11.8. The maximum absolute atomic E-state index is 10.7. The first-order valence-corrected chi connectivity index (χ1v) is 6.17. The molecule has 2 heterocycles. The molecule has 4 nitrogen and oxygen atoms in total. The van der Waals surface area contributed by atoms with E-state index in [2.05, 4.69) is 0 Å². The van der Waals surface area contributed by atoms with Crippen LogP contribution in [0.15, 0.2) is 12.1 Å². The SMILES string of the molecule is O=C(O)N1CCC(O)(c2ccc(Cl)s2)CC1. The van der Waals surface area contributed by atoms with Gasteiger partial charge in [0.25, 0.3) is 0 Å². The van der Waals surface area contributed by atoms with E-state index in [-0.39, 0.29) is 0 Å². The number of halogens is 1. The molecular weight excluding hydrogens is 250 g/mol. The summed E-state index contributed by atoms with van der Waals surface area (Å²) in [6, 6.07) is 3.56. The van der Waals surface area contributed by atoms with E-state index < -0.39 is 11.7 Å². The molecule has 0 atom stereocenters. The standard InChI is InChI=1S/C10H12ClNO3S/c11-8-2-1-7(16-8)10(15)3-5-12(6-4-10)9(13)14/h1-2,15H,3-6H2,(H,13,14). The summed E-state index contributed by atoms with van der Waals surface area (Å²) in [5.74, 6) is 0. The van der Waals surface area contributed by atoms with Crippen LogP contribution in [-0.2, 0) is 5.60 Å². The lowest BCUT2D eigenvalue weighted by Gasteiger charge is -2.36. The average Bonchev–Trinajstić information content (AvgIpc) is 2.66. The summed E-state index contributed by atoms with van der Waals surface area (Å²) in [5, 5.41) is 19.2. The Morgan fingerprint density at radius 3 is 2.50 bits per heavy atom. The molecule has 1 aliphatic rings. The van der Waals surface area contributed by atoms with Gasteiger partial charge in [-0.1, -0.05) is 11.6 Å². The predicted octanol–water partition coefficient (Wildman–Crippen LogP) is 2.36. The molecule has 1 fully saturated rings. The highest BCUT2D eigenvalue weighted by molar-refractivity contribution is 7.16. The third-order valence-electron chi connectivity index (χ3n) is 2.89. The van der Waals surface area contributed by atoms with Gasteiger partial charge in [0.2, 0.25) is 0 Å². The Bertz CT molecular complexity index is 399. The second-order valence-corrected chi connectivity index (χ2v) is 5.62. The molecular formula is C10H12ClNO3S. The molecule has 0 unspecified atom stereocenters. The summed E-state index contributed by atoms with van der Waals surface area (Å²) in [6.07, 6.45) is -0.0713. The molecule has 16 heavy (non-hydrogen) atoms. The van der Waals surface area contributed by atoms with Crippen molar-refractivity contribution in [2.24, 2.45) is 0 Å². The highest BCUT2D eigenvalue weighted by atomic mass is 35.5. The number of hydrogen-bond acceptors (Lipinski definition) is 3. The van der Waals surface area contributed by atoms with Gasteiger partial charge in [-0.2, -0.15) is 0 Å². The van der Waals surface area contributed by atoms with Crippen LogP contribution in [0.25, 0.3) is 0 Å². The van der Waals surface area contributed by atoms with Crippen molar-refractivity contribution >= 4 is 29.0 Å². The molecule has 2 rings (SSSR count). The Labute approximate surface area is 102 Å². The smallest absolute Gasteiger partial charge is 0.407 e. The van der Waals surface area contributed by atoms with Gasteiger partial charge in [-0.05, 0) is 25.0 Å². The fourth-order valence-electron chi connectivity index (χ4n) is 1.88.